The number of hydrogen-bond acceptors (Lipinski definition) is 8. The molecule has 0 aromatic heterocycles. The number of rotatable bonds is 16. The third-order valence-electron chi connectivity index (χ3n) is 5.81. The number of benzene rings is 1. The van der Waals surface area contributed by atoms with Crippen LogP contribution in [0.2, 0.25) is 0 Å². The van der Waals surface area contributed by atoms with Crippen LogP contribution in [0.3, 0.4) is 0 Å². The molecule has 0 heterocycles. The number of amides is 1. The molecule has 1 unspecified atom stereocenters. The summed E-state index contributed by atoms with van der Waals surface area (Å²) in [6.07, 6.45) is 5.61. The van der Waals surface area contributed by atoms with Crippen molar-refractivity contribution in [3.8, 4) is 0 Å². The molecule has 1 aromatic carbocycles. The van der Waals surface area contributed by atoms with Crippen LogP contribution in [0, 0.1) is 5.41 Å². The van der Waals surface area contributed by atoms with Crippen LogP contribution in [0.4, 0.5) is 0 Å². The first-order valence-corrected chi connectivity index (χ1v) is 13.4. The number of thiol groups is 1. The van der Waals surface area contributed by atoms with E-state index in [1.807, 2.05) is 43.5 Å². The summed E-state index contributed by atoms with van der Waals surface area (Å²) >= 11 is 5.84. The molecule has 0 aliphatic carbocycles. The SMILES string of the molecule is CCCCCON(C(=O)CCc1ccccc1)[C@@](N)(C(=O)OC)[C@@](C)(CSC)CC(N)CS. The highest BCUT2D eigenvalue weighted by Crippen LogP contribution is 2.41. The maximum absolute atomic E-state index is 13.5. The number of hydroxylamine groups is 2. The van der Waals surface area contributed by atoms with Gasteiger partial charge >= 0.3 is 5.97 Å². The van der Waals surface area contributed by atoms with E-state index in [2.05, 4.69) is 19.6 Å². The van der Waals surface area contributed by atoms with Crippen molar-refractivity contribution in [1.29, 1.82) is 0 Å². The topological polar surface area (TPSA) is 108 Å². The number of ether oxygens (including phenoxy) is 1. The van der Waals surface area contributed by atoms with Crippen LogP contribution in [0.1, 0.15) is 51.5 Å². The molecule has 3 atom stereocenters. The monoisotopic (exact) mass is 499 g/mol. The van der Waals surface area contributed by atoms with Crippen LogP contribution in [0.5, 0.6) is 0 Å². The van der Waals surface area contributed by atoms with Crippen molar-refractivity contribution in [2.24, 2.45) is 16.9 Å². The van der Waals surface area contributed by atoms with Gasteiger partial charge < -0.3 is 10.5 Å². The van der Waals surface area contributed by atoms with Crippen molar-refractivity contribution >= 4 is 36.3 Å². The Labute approximate surface area is 208 Å². The van der Waals surface area contributed by atoms with Crippen LogP contribution in [-0.4, -0.2) is 60.1 Å². The molecule has 188 valence electrons. The van der Waals surface area contributed by atoms with Gasteiger partial charge in [0.05, 0.1) is 13.7 Å². The third kappa shape index (κ3) is 8.17. The fourth-order valence-corrected chi connectivity index (χ4v) is 5.00. The number of nitrogens with zero attached hydrogens (tertiary/aromatic N) is 1. The second kappa shape index (κ2) is 14.9. The van der Waals surface area contributed by atoms with Gasteiger partial charge in [-0.3, -0.25) is 15.4 Å². The number of esters is 1. The van der Waals surface area contributed by atoms with Gasteiger partial charge in [-0.1, -0.05) is 57.0 Å². The minimum Gasteiger partial charge on any atom is -0.466 e. The zero-order valence-corrected chi connectivity index (χ0v) is 22.1. The first-order chi connectivity index (χ1) is 15.7. The van der Waals surface area contributed by atoms with Crippen LogP contribution in [-0.2, 0) is 25.6 Å². The Kier molecular flexibility index (Phi) is 13.4. The molecule has 9 heteroatoms. The molecule has 1 rings (SSSR count). The van der Waals surface area contributed by atoms with Crippen LogP contribution in [0.25, 0.3) is 0 Å². The largest absolute Gasteiger partial charge is 0.466 e. The average Bonchev–Trinajstić information content (AvgIpc) is 2.82. The standard InChI is InChI=1S/C24H41N3O4S2/c1-5-6-10-15-31-27(21(28)14-13-19-11-8-7-9-12-19)24(26,22(29)30-3)23(2,18-33-4)16-20(25)17-32/h7-9,11-12,20,32H,5-6,10,13-18,25-26H2,1-4H3/t20?,23-,24+/m1/s1. The van der Waals surface area contributed by atoms with Crippen molar-refractivity contribution in [2.75, 3.05) is 31.5 Å². The quantitative estimate of drug-likeness (QED) is 0.105. The van der Waals surface area contributed by atoms with Gasteiger partial charge in [0.25, 0.3) is 0 Å². The average molecular weight is 500 g/mol. The van der Waals surface area contributed by atoms with E-state index in [1.165, 1.54) is 18.9 Å². The van der Waals surface area contributed by atoms with Crippen LogP contribution < -0.4 is 11.5 Å². The molecule has 0 aliphatic rings. The first kappa shape index (κ1) is 29.8. The molecule has 0 radical (unpaired) electrons. The number of hydrogen-bond donors (Lipinski definition) is 3. The number of aryl methyl sites for hydroxylation is 1. The number of thioether (sulfide) groups is 1. The fraction of sp³-hybridized carbons (Fsp3) is 0.667. The molecule has 1 aromatic rings. The van der Waals surface area contributed by atoms with Gasteiger partial charge in [-0.2, -0.15) is 29.5 Å². The van der Waals surface area contributed by atoms with E-state index < -0.39 is 17.0 Å². The normalized spacial score (nSPS) is 15.8. The van der Waals surface area contributed by atoms with Gasteiger partial charge in [-0.15, -0.1) is 0 Å². The maximum atomic E-state index is 13.5. The second-order valence-corrected chi connectivity index (χ2v) is 9.84. The van der Waals surface area contributed by atoms with E-state index in [4.69, 9.17) is 21.0 Å². The smallest absolute Gasteiger partial charge is 0.349 e. The molecule has 1 amide bonds. The van der Waals surface area contributed by atoms with Gasteiger partial charge in [0.2, 0.25) is 11.6 Å². The summed E-state index contributed by atoms with van der Waals surface area (Å²) < 4.78 is 5.14. The van der Waals surface area contributed by atoms with Gasteiger partial charge in [-0.05, 0) is 31.1 Å². The van der Waals surface area contributed by atoms with Crippen molar-refractivity contribution in [2.45, 2.75) is 64.1 Å². The lowest BCUT2D eigenvalue weighted by Gasteiger charge is -2.49. The lowest BCUT2D eigenvalue weighted by atomic mass is 9.73. The van der Waals surface area contributed by atoms with Crippen molar-refractivity contribution in [1.82, 2.24) is 5.06 Å². The Morgan fingerprint density at radius 2 is 1.91 bits per heavy atom. The lowest BCUT2D eigenvalue weighted by Crippen LogP contribution is -2.73. The highest BCUT2D eigenvalue weighted by molar-refractivity contribution is 7.98. The first-order valence-electron chi connectivity index (χ1n) is 11.4. The van der Waals surface area contributed by atoms with E-state index >= 15 is 0 Å². The molecule has 0 bridgehead atoms. The number of carbonyl (C=O) groups is 2. The van der Waals surface area contributed by atoms with Crippen LogP contribution in [0.15, 0.2) is 30.3 Å². The molecule has 4 N–H and O–H groups in total. The predicted molar refractivity (Wildman–Crippen MR) is 139 cm³/mol. The Balaban J connectivity index is 3.37. The van der Waals surface area contributed by atoms with Crippen LogP contribution >= 0.6 is 24.4 Å². The van der Waals surface area contributed by atoms with E-state index in [1.54, 1.807) is 0 Å². The molecule has 33 heavy (non-hydrogen) atoms. The molecule has 0 saturated heterocycles. The molecular formula is C24H41N3O4S2. The van der Waals surface area contributed by atoms with E-state index in [0.717, 1.165) is 29.9 Å². The number of nitrogens with two attached hydrogens (primary N) is 2. The number of unbranched alkanes of at least 4 members (excludes halogenated alkanes) is 2. The molecule has 7 nitrogen and oxygen atoms in total. The van der Waals surface area contributed by atoms with E-state index in [9.17, 15) is 9.59 Å². The summed E-state index contributed by atoms with van der Waals surface area (Å²) in [5, 5.41) is 1.08. The summed E-state index contributed by atoms with van der Waals surface area (Å²) in [6, 6.07) is 9.37. The maximum Gasteiger partial charge on any atom is 0.349 e. The highest BCUT2D eigenvalue weighted by Gasteiger charge is 2.58. The molecule has 0 spiro atoms. The Morgan fingerprint density at radius 3 is 2.45 bits per heavy atom. The van der Waals surface area contributed by atoms with Gasteiger partial charge in [0, 0.05) is 29.4 Å². The van der Waals surface area contributed by atoms with Crippen molar-refractivity contribution < 1.29 is 19.2 Å². The second-order valence-electron chi connectivity index (χ2n) is 8.61. The predicted octanol–water partition coefficient (Wildman–Crippen LogP) is 3.41. The summed E-state index contributed by atoms with van der Waals surface area (Å²) in [5.74, 6) is -0.203. The Hall–Kier alpha value is -1.26. The molecular weight excluding hydrogens is 458 g/mol. The number of carbonyl (C=O) groups excluding carboxylic acids is 2. The lowest BCUT2D eigenvalue weighted by molar-refractivity contribution is -0.248. The Morgan fingerprint density at radius 1 is 1.24 bits per heavy atom. The fourth-order valence-electron chi connectivity index (χ4n) is 3.89. The zero-order valence-electron chi connectivity index (χ0n) is 20.4. The summed E-state index contributed by atoms with van der Waals surface area (Å²) in [5.41, 5.74) is 11.3. The number of methoxy groups -OCH3 is 1. The summed E-state index contributed by atoms with van der Waals surface area (Å²) in [4.78, 5) is 32.7. The van der Waals surface area contributed by atoms with Gasteiger partial charge in [0.1, 0.15) is 0 Å². The van der Waals surface area contributed by atoms with Crippen molar-refractivity contribution in [3.63, 3.8) is 0 Å². The minimum atomic E-state index is -1.86. The summed E-state index contributed by atoms with van der Waals surface area (Å²) in [6.45, 7) is 4.21. The molecule has 0 saturated carbocycles. The van der Waals surface area contributed by atoms with E-state index in [-0.39, 0.29) is 25.0 Å². The highest BCUT2D eigenvalue weighted by atomic mass is 32.2. The van der Waals surface area contributed by atoms with E-state index in [0.29, 0.717) is 24.3 Å². The Bertz CT molecular complexity index is 725. The van der Waals surface area contributed by atoms with Gasteiger partial charge in [0.15, 0.2) is 0 Å². The molecule has 0 fully saturated rings. The van der Waals surface area contributed by atoms with Gasteiger partial charge in [-0.25, -0.2) is 4.79 Å². The third-order valence-corrected chi connectivity index (χ3v) is 7.21. The zero-order chi connectivity index (χ0) is 24.9. The summed E-state index contributed by atoms with van der Waals surface area (Å²) in [7, 11) is 1.27. The molecule has 0 aliphatic heterocycles. The minimum absolute atomic E-state index is 0.141. The van der Waals surface area contributed by atoms with Crippen molar-refractivity contribution in [3.05, 3.63) is 35.9 Å².